The summed E-state index contributed by atoms with van der Waals surface area (Å²) in [6.07, 6.45) is 15.5. The Hall–Kier alpha value is -6.01. The average Bonchev–Trinajstić information content (AvgIpc) is 4.04. The van der Waals surface area contributed by atoms with Gasteiger partial charge >= 0.3 is 6.16 Å². The van der Waals surface area contributed by atoms with Crippen LogP contribution in [0.3, 0.4) is 0 Å². The Morgan fingerprint density at radius 2 is 0.815 bits per heavy atom. The van der Waals surface area contributed by atoms with Gasteiger partial charge < -0.3 is 33.4 Å². The Labute approximate surface area is 319 Å². The molecule has 0 fully saturated rings. The van der Waals surface area contributed by atoms with Gasteiger partial charge in [0, 0.05) is 62.7 Å². The minimum Gasteiger partial charge on any atom is -0.429 e. The molecule has 0 atom stereocenters. The maximum atomic E-state index is 12.2. The molecule has 0 saturated heterocycles. The summed E-state index contributed by atoms with van der Waals surface area (Å²) in [5.41, 5.74) is 8.02. The molecule has 0 aliphatic rings. The molecule has 0 radical (unpaired) electrons. The zero-order valence-electron chi connectivity index (χ0n) is 29.8. The number of benzene rings is 4. The van der Waals surface area contributed by atoms with Crippen LogP contribution in [0.15, 0.2) is 153 Å². The van der Waals surface area contributed by atoms with Crippen LogP contribution < -0.4 is 0 Å². The van der Waals surface area contributed by atoms with Crippen LogP contribution in [0.2, 0.25) is 0 Å². The number of aliphatic hydroxyl groups is 2. The monoisotopic (exact) mass is 746 g/mol. The quantitative estimate of drug-likeness (QED) is 0.0925. The van der Waals surface area contributed by atoms with Gasteiger partial charge in [-0.05, 0) is 44.5 Å². The number of hydrogen-bond donors (Lipinski definition) is 2. The summed E-state index contributed by atoms with van der Waals surface area (Å²) < 4.78 is 16.6. The van der Waals surface area contributed by atoms with Crippen molar-refractivity contribution in [3.8, 4) is 0 Å². The van der Waals surface area contributed by atoms with E-state index in [0.717, 1.165) is 51.1 Å². The molecular weight excluding hydrogens is 704 g/mol. The number of carbonyl (C=O) groups is 1. The summed E-state index contributed by atoms with van der Waals surface area (Å²) >= 11 is 5.60. The van der Waals surface area contributed by atoms with Crippen LogP contribution in [0.5, 0.6) is 0 Å². The van der Waals surface area contributed by atoms with Gasteiger partial charge in [0.25, 0.3) is 0 Å². The number of nitrogens with zero attached hydrogens (tertiary/aromatic N) is 6. The molecule has 54 heavy (non-hydrogen) atoms. The average molecular weight is 747 g/mol. The molecule has 7 rings (SSSR count). The molecule has 0 bridgehead atoms. The first kappa shape index (κ1) is 39.2. The molecule has 0 aliphatic heterocycles. The standard InChI is InChI=1S/C23H22N4O3.C11H12N2O.C8H9ClO/c28-23(29-15-21-7-3-1-5-19(21)13-26-11-9-24-17-26)30-16-22-8-4-2-6-20(22)14-27-12-10-25-18-27;14-8-11-4-2-1-3-10(11)7-13-6-5-12-9-13;9-5-7-3-1-2-4-8(7)6-10/h1-12,17-18H,13-16H2;1-6,9,14H,7-8H2;1-4,10H,5-6H2. The Morgan fingerprint density at radius 1 is 0.500 bits per heavy atom. The van der Waals surface area contributed by atoms with Gasteiger partial charge in [0.2, 0.25) is 0 Å². The number of imidazole rings is 3. The van der Waals surface area contributed by atoms with Crippen LogP contribution in [0, 0.1) is 0 Å². The first-order valence-electron chi connectivity index (χ1n) is 17.3. The molecule has 12 heteroatoms. The third-order valence-corrected chi connectivity index (χ3v) is 8.67. The number of hydrogen-bond acceptors (Lipinski definition) is 8. The molecule has 278 valence electrons. The van der Waals surface area contributed by atoms with Crippen molar-refractivity contribution >= 4 is 17.8 Å². The summed E-state index contributed by atoms with van der Waals surface area (Å²) in [6, 6.07) is 31.1. The molecule has 3 heterocycles. The van der Waals surface area contributed by atoms with E-state index >= 15 is 0 Å². The summed E-state index contributed by atoms with van der Waals surface area (Å²) in [5, 5.41) is 17.9. The number of alkyl halides is 1. The van der Waals surface area contributed by atoms with E-state index < -0.39 is 6.16 Å². The lowest BCUT2D eigenvalue weighted by Gasteiger charge is -2.12. The lowest BCUT2D eigenvalue weighted by molar-refractivity contribution is 0.0443. The van der Waals surface area contributed by atoms with Gasteiger partial charge in [-0.3, -0.25) is 0 Å². The number of aliphatic hydroxyl groups excluding tert-OH is 2. The molecule has 0 saturated carbocycles. The van der Waals surface area contributed by atoms with Crippen molar-refractivity contribution in [2.24, 2.45) is 0 Å². The summed E-state index contributed by atoms with van der Waals surface area (Å²) in [4.78, 5) is 24.3. The van der Waals surface area contributed by atoms with Gasteiger partial charge in [-0.1, -0.05) is 97.1 Å². The second kappa shape index (κ2) is 21.5. The zero-order chi connectivity index (χ0) is 37.8. The van der Waals surface area contributed by atoms with Crippen molar-refractivity contribution in [3.05, 3.63) is 198 Å². The number of aromatic nitrogens is 6. The van der Waals surface area contributed by atoms with Crippen LogP contribution in [-0.4, -0.2) is 45.0 Å². The summed E-state index contributed by atoms with van der Waals surface area (Å²) in [6.45, 7) is 2.55. The molecule has 0 spiro atoms. The topological polar surface area (TPSA) is 129 Å². The van der Waals surface area contributed by atoms with Gasteiger partial charge in [0.05, 0.1) is 32.2 Å². The molecule has 0 amide bonds. The predicted octanol–water partition coefficient (Wildman–Crippen LogP) is 7.37. The lowest BCUT2D eigenvalue weighted by atomic mass is 10.1. The van der Waals surface area contributed by atoms with Crippen LogP contribution in [0.25, 0.3) is 0 Å². The van der Waals surface area contributed by atoms with Gasteiger partial charge in [-0.2, -0.15) is 0 Å². The smallest absolute Gasteiger partial charge is 0.429 e. The van der Waals surface area contributed by atoms with Crippen molar-refractivity contribution < 1.29 is 24.5 Å². The van der Waals surface area contributed by atoms with Crippen LogP contribution in [-0.2, 0) is 61.4 Å². The highest BCUT2D eigenvalue weighted by molar-refractivity contribution is 6.17. The Balaban J connectivity index is 0.000000191. The van der Waals surface area contributed by atoms with E-state index in [4.69, 9.17) is 31.3 Å². The lowest BCUT2D eigenvalue weighted by Crippen LogP contribution is -2.10. The molecule has 3 aromatic heterocycles. The van der Waals surface area contributed by atoms with Crippen molar-refractivity contribution in [2.75, 3.05) is 0 Å². The zero-order valence-corrected chi connectivity index (χ0v) is 30.5. The van der Waals surface area contributed by atoms with Crippen LogP contribution >= 0.6 is 11.6 Å². The third-order valence-electron chi connectivity index (χ3n) is 8.39. The molecule has 0 unspecified atom stereocenters. The van der Waals surface area contributed by atoms with E-state index in [0.29, 0.717) is 19.0 Å². The number of carbonyl (C=O) groups excluding carboxylic acids is 1. The van der Waals surface area contributed by atoms with Gasteiger partial charge in [-0.15, -0.1) is 11.6 Å². The summed E-state index contributed by atoms with van der Waals surface area (Å²) in [5.74, 6) is 0.469. The first-order chi connectivity index (χ1) is 26.6. The molecule has 11 nitrogen and oxygen atoms in total. The minimum absolute atomic E-state index is 0.0723. The SMILES string of the molecule is O=C(OCc1ccccc1Cn1ccnc1)OCc1ccccc1Cn1ccnc1.OCc1ccccc1CCl.OCc1ccccc1Cn1ccnc1. The second-order valence-corrected chi connectivity index (χ2v) is 12.3. The highest BCUT2D eigenvalue weighted by Gasteiger charge is 2.11. The molecular formula is C42H43ClN6O5. The molecule has 2 N–H and O–H groups in total. The van der Waals surface area contributed by atoms with Gasteiger partial charge in [0.15, 0.2) is 0 Å². The van der Waals surface area contributed by atoms with Gasteiger partial charge in [0.1, 0.15) is 13.2 Å². The fourth-order valence-electron chi connectivity index (χ4n) is 5.46. The van der Waals surface area contributed by atoms with Crippen LogP contribution in [0.1, 0.15) is 44.5 Å². The fourth-order valence-corrected chi connectivity index (χ4v) is 5.72. The van der Waals surface area contributed by atoms with E-state index in [2.05, 4.69) is 15.0 Å². The van der Waals surface area contributed by atoms with E-state index in [9.17, 15) is 4.79 Å². The van der Waals surface area contributed by atoms with Gasteiger partial charge in [-0.25, -0.2) is 19.7 Å². The minimum atomic E-state index is -0.690. The van der Waals surface area contributed by atoms with Crippen molar-refractivity contribution in [1.29, 1.82) is 0 Å². The normalized spacial score (nSPS) is 10.4. The number of rotatable bonds is 13. The number of ether oxygens (including phenoxy) is 2. The summed E-state index contributed by atoms with van der Waals surface area (Å²) in [7, 11) is 0. The Morgan fingerprint density at radius 3 is 1.13 bits per heavy atom. The Bertz CT molecular complexity index is 2000. The Kier molecular flexibility index (Phi) is 15.6. The van der Waals surface area contributed by atoms with E-state index in [1.54, 1.807) is 37.6 Å². The highest BCUT2D eigenvalue weighted by Crippen LogP contribution is 2.16. The van der Waals surface area contributed by atoms with Crippen molar-refractivity contribution in [3.63, 3.8) is 0 Å². The van der Waals surface area contributed by atoms with Crippen molar-refractivity contribution in [2.45, 2.75) is 51.9 Å². The third kappa shape index (κ3) is 12.3. The maximum Gasteiger partial charge on any atom is 0.508 e. The van der Waals surface area contributed by atoms with E-state index in [1.807, 2.05) is 129 Å². The fraction of sp³-hybridized carbons (Fsp3) is 0.190. The highest BCUT2D eigenvalue weighted by atomic mass is 35.5. The van der Waals surface area contributed by atoms with E-state index in [1.165, 1.54) is 0 Å². The molecule has 0 aliphatic carbocycles. The van der Waals surface area contributed by atoms with Crippen LogP contribution in [0.4, 0.5) is 4.79 Å². The molecule has 7 aromatic rings. The van der Waals surface area contributed by atoms with Crippen molar-refractivity contribution in [1.82, 2.24) is 28.7 Å². The molecule has 4 aromatic carbocycles. The number of halogens is 1. The maximum absolute atomic E-state index is 12.2. The largest absolute Gasteiger partial charge is 0.508 e. The van der Waals surface area contributed by atoms with E-state index in [-0.39, 0.29) is 26.4 Å². The predicted molar refractivity (Wildman–Crippen MR) is 206 cm³/mol. The second-order valence-electron chi connectivity index (χ2n) is 12.1. The first-order valence-corrected chi connectivity index (χ1v) is 17.8.